The fourth-order valence-electron chi connectivity index (χ4n) is 5.03. The Morgan fingerprint density at radius 2 is 1.81 bits per heavy atom. The van der Waals surface area contributed by atoms with Gasteiger partial charge in [-0.3, -0.25) is 10.00 Å². The highest BCUT2D eigenvalue weighted by Crippen LogP contribution is 2.40. The standard InChI is InChI=1S/C26H32BrN3O/c1-5-22-24(23(6-2)29-28-22)26(20-11-16(3)25(27)17(4)12-20)30-14-19-10-8-7-9-18(19)13-21(30)15-31/h7-12,21,26,31H,5-6,13-15H2,1-4H3,(H,28,29). The van der Waals surface area contributed by atoms with Crippen LogP contribution in [-0.4, -0.2) is 32.9 Å². The lowest BCUT2D eigenvalue weighted by molar-refractivity contribution is 0.0792. The highest BCUT2D eigenvalue weighted by atomic mass is 79.9. The Morgan fingerprint density at radius 3 is 2.42 bits per heavy atom. The van der Waals surface area contributed by atoms with Crippen LogP contribution in [0.1, 0.15) is 64.7 Å². The summed E-state index contributed by atoms with van der Waals surface area (Å²) in [5.41, 5.74) is 10.0. The maximum Gasteiger partial charge on any atom is 0.0673 e. The number of hydrogen-bond acceptors (Lipinski definition) is 3. The molecule has 3 aromatic rings. The van der Waals surface area contributed by atoms with Gasteiger partial charge in [0.05, 0.1) is 18.3 Å². The number of fused-ring (bicyclic) bond motifs is 1. The Balaban J connectivity index is 1.92. The van der Waals surface area contributed by atoms with Gasteiger partial charge >= 0.3 is 0 Å². The minimum absolute atomic E-state index is 0.0413. The number of nitrogens with one attached hydrogen (secondary N) is 1. The molecule has 5 heteroatoms. The molecule has 0 amide bonds. The van der Waals surface area contributed by atoms with E-state index >= 15 is 0 Å². The monoisotopic (exact) mass is 481 g/mol. The first kappa shape index (κ1) is 22.3. The zero-order valence-corrected chi connectivity index (χ0v) is 20.5. The molecule has 0 radical (unpaired) electrons. The fourth-order valence-corrected chi connectivity index (χ4v) is 5.26. The molecule has 0 fully saturated rings. The minimum atomic E-state index is 0.0413. The van der Waals surface area contributed by atoms with Crippen LogP contribution in [0.25, 0.3) is 0 Å². The quantitative estimate of drug-likeness (QED) is 0.493. The lowest BCUT2D eigenvalue weighted by Crippen LogP contribution is -2.45. The van der Waals surface area contributed by atoms with E-state index in [9.17, 15) is 5.11 Å². The molecule has 2 aromatic carbocycles. The van der Waals surface area contributed by atoms with Gasteiger partial charge in [0.2, 0.25) is 0 Å². The summed E-state index contributed by atoms with van der Waals surface area (Å²) in [4.78, 5) is 2.49. The smallest absolute Gasteiger partial charge is 0.0673 e. The van der Waals surface area contributed by atoms with E-state index in [1.165, 1.54) is 39.1 Å². The van der Waals surface area contributed by atoms with Crippen LogP contribution in [0, 0.1) is 13.8 Å². The molecular weight excluding hydrogens is 450 g/mol. The molecule has 0 aliphatic carbocycles. The lowest BCUT2D eigenvalue weighted by Gasteiger charge is -2.42. The third-order valence-electron chi connectivity index (χ3n) is 6.64. The van der Waals surface area contributed by atoms with Gasteiger partial charge in [0.15, 0.2) is 0 Å². The van der Waals surface area contributed by atoms with Crippen molar-refractivity contribution in [1.29, 1.82) is 0 Å². The molecule has 0 saturated heterocycles. The molecule has 0 bridgehead atoms. The summed E-state index contributed by atoms with van der Waals surface area (Å²) in [6, 6.07) is 13.3. The van der Waals surface area contributed by atoms with Crippen LogP contribution < -0.4 is 0 Å². The molecule has 31 heavy (non-hydrogen) atoms. The Morgan fingerprint density at radius 1 is 1.13 bits per heavy atom. The predicted molar refractivity (Wildman–Crippen MR) is 129 cm³/mol. The summed E-state index contributed by atoms with van der Waals surface area (Å²) in [5, 5.41) is 18.4. The van der Waals surface area contributed by atoms with Gasteiger partial charge < -0.3 is 5.11 Å². The second-order valence-corrected chi connectivity index (χ2v) is 9.42. The summed E-state index contributed by atoms with van der Waals surface area (Å²) in [7, 11) is 0. The van der Waals surface area contributed by atoms with Gasteiger partial charge in [-0.25, -0.2) is 0 Å². The Kier molecular flexibility index (Phi) is 6.65. The fraction of sp³-hybridized carbons (Fsp3) is 0.423. The number of rotatable bonds is 6. The zero-order chi connectivity index (χ0) is 22.1. The first-order valence-corrected chi connectivity index (χ1v) is 12.0. The van der Waals surface area contributed by atoms with E-state index in [-0.39, 0.29) is 18.7 Å². The van der Waals surface area contributed by atoms with Crippen molar-refractivity contribution in [3.8, 4) is 0 Å². The number of halogens is 1. The number of aliphatic hydroxyl groups excluding tert-OH is 1. The molecule has 164 valence electrons. The Bertz CT molecular complexity index is 1030. The molecule has 1 aliphatic heterocycles. The van der Waals surface area contributed by atoms with Crippen LogP contribution in [0.4, 0.5) is 0 Å². The van der Waals surface area contributed by atoms with Crippen molar-refractivity contribution in [2.24, 2.45) is 0 Å². The second kappa shape index (κ2) is 9.27. The highest BCUT2D eigenvalue weighted by Gasteiger charge is 2.36. The van der Waals surface area contributed by atoms with E-state index in [4.69, 9.17) is 0 Å². The molecule has 4 rings (SSSR count). The van der Waals surface area contributed by atoms with E-state index in [0.29, 0.717) is 0 Å². The largest absolute Gasteiger partial charge is 0.395 e. The van der Waals surface area contributed by atoms with Crippen molar-refractivity contribution in [1.82, 2.24) is 15.1 Å². The van der Waals surface area contributed by atoms with Gasteiger partial charge in [-0.2, -0.15) is 5.10 Å². The maximum absolute atomic E-state index is 10.4. The summed E-state index contributed by atoms with van der Waals surface area (Å²) < 4.78 is 1.16. The second-order valence-electron chi connectivity index (χ2n) is 8.62. The number of benzene rings is 2. The van der Waals surface area contributed by atoms with Crippen molar-refractivity contribution < 1.29 is 5.11 Å². The van der Waals surface area contributed by atoms with Crippen LogP contribution >= 0.6 is 15.9 Å². The number of nitrogens with zero attached hydrogens (tertiary/aromatic N) is 2. The van der Waals surface area contributed by atoms with Gasteiger partial charge in [0, 0.05) is 28.3 Å². The van der Waals surface area contributed by atoms with Crippen LogP contribution in [0.3, 0.4) is 0 Å². The van der Waals surface area contributed by atoms with E-state index < -0.39 is 0 Å². The molecule has 2 atom stereocenters. The normalized spacial score (nSPS) is 17.5. The Labute approximate surface area is 193 Å². The topological polar surface area (TPSA) is 52.2 Å². The zero-order valence-electron chi connectivity index (χ0n) is 18.9. The number of aryl methyl sites for hydroxylation is 4. The van der Waals surface area contributed by atoms with Crippen molar-refractivity contribution >= 4 is 15.9 Å². The molecule has 1 aliphatic rings. The van der Waals surface area contributed by atoms with Gasteiger partial charge in [0.25, 0.3) is 0 Å². The molecule has 4 nitrogen and oxygen atoms in total. The molecule has 0 spiro atoms. The highest BCUT2D eigenvalue weighted by molar-refractivity contribution is 9.10. The number of H-pyrrole nitrogens is 1. The molecular formula is C26H32BrN3O. The lowest BCUT2D eigenvalue weighted by atomic mass is 9.86. The summed E-state index contributed by atoms with van der Waals surface area (Å²) in [6.45, 7) is 9.62. The predicted octanol–water partition coefficient (Wildman–Crippen LogP) is 5.42. The average molecular weight is 482 g/mol. The SMILES string of the molecule is CCc1n[nH]c(CC)c1C(c1cc(C)c(Br)c(C)c1)N1Cc2ccccc2CC1CO. The van der Waals surface area contributed by atoms with E-state index in [0.717, 1.165) is 36.0 Å². The molecule has 2 N–H and O–H groups in total. The van der Waals surface area contributed by atoms with Crippen molar-refractivity contribution in [2.75, 3.05) is 6.61 Å². The van der Waals surface area contributed by atoms with Gasteiger partial charge in [-0.05, 0) is 60.9 Å². The van der Waals surface area contributed by atoms with E-state index in [1.54, 1.807) is 0 Å². The number of hydrogen-bond donors (Lipinski definition) is 2. The van der Waals surface area contributed by atoms with Gasteiger partial charge in [0.1, 0.15) is 0 Å². The minimum Gasteiger partial charge on any atom is -0.395 e. The molecule has 0 saturated carbocycles. The van der Waals surface area contributed by atoms with Crippen LogP contribution in [0.2, 0.25) is 0 Å². The Hall–Kier alpha value is -1.95. The first-order valence-electron chi connectivity index (χ1n) is 11.2. The van der Waals surface area contributed by atoms with Crippen molar-refractivity contribution in [3.05, 3.63) is 85.6 Å². The third kappa shape index (κ3) is 4.11. The van der Waals surface area contributed by atoms with Crippen molar-refractivity contribution in [2.45, 2.75) is 65.6 Å². The van der Waals surface area contributed by atoms with Crippen LogP contribution in [0.5, 0.6) is 0 Å². The molecule has 2 heterocycles. The number of aliphatic hydroxyl groups is 1. The molecule has 2 unspecified atom stereocenters. The van der Waals surface area contributed by atoms with Crippen LogP contribution in [-0.2, 0) is 25.8 Å². The number of aromatic amines is 1. The molecule has 1 aromatic heterocycles. The van der Waals surface area contributed by atoms with Crippen molar-refractivity contribution in [3.63, 3.8) is 0 Å². The third-order valence-corrected chi connectivity index (χ3v) is 7.89. The first-order chi connectivity index (χ1) is 15.0. The average Bonchev–Trinajstić information content (AvgIpc) is 3.19. The maximum atomic E-state index is 10.4. The summed E-state index contributed by atoms with van der Waals surface area (Å²) >= 11 is 3.74. The number of aromatic nitrogens is 2. The van der Waals surface area contributed by atoms with Crippen LogP contribution in [0.15, 0.2) is 40.9 Å². The summed E-state index contributed by atoms with van der Waals surface area (Å²) in [6.07, 6.45) is 2.64. The van der Waals surface area contributed by atoms with E-state index in [2.05, 4.69) is 95.1 Å². The van der Waals surface area contributed by atoms with Gasteiger partial charge in [-0.1, -0.05) is 66.2 Å². The van der Waals surface area contributed by atoms with E-state index in [1.807, 2.05) is 0 Å². The van der Waals surface area contributed by atoms with Gasteiger partial charge in [-0.15, -0.1) is 0 Å². The summed E-state index contributed by atoms with van der Waals surface area (Å²) in [5.74, 6) is 0.